The third kappa shape index (κ3) is 6.46. The maximum atomic E-state index is 13.4. The van der Waals surface area contributed by atoms with Crippen LogP contribution in [0.2, 0.25) is 0 Å². The van der Waals surface area contributed by atoms with Crippen LogP contribution >= 0.6 is 0 Å². The zero-order valence-electron chi connectivity index (χ0n) is 15.2. The molecule has 2 rings (SSSR count). The molecule has 0 aliphatic carbocycles. The molecular formula is C20H19F2NO5. The quantitative estimate of drug-likeness (QED) is 0.523. The van der Waals surface area contributed by atoms with E-state index in [4.69, 9.17) is 9.47 Å². The van der Waals surface area contributed by atoms with Crippen molar-refractivity contribution in [3.63, 3.8) is 0 Å². The number of esters is 1. The summed E-state index contributed by atoms with van der Waals surface area (Å²) in [5.41, 5.74) is 0.203. The third-order valence-corrected chi connectivity index (χ3v) is 3.61. The second kappa shape index (κ2) is 10.1. The number of rotatable bonds is 9. The van der Waals surface area contributed by atoms with E-state index in [1.165, 1.54) is 0 Å². The summed E-state index contributed by atoms with van der Waals surface area (Å²) >= 11 is 0. The molecule has 2 aromatic rings. The van der Waals surface area contributed by atoms with Crippen LogP contribution in [0, 0.1) is 11.6 Å². The third-order valence-electron chi connectivity index (χ3n) is 3.61. The highest BCUT2D eigenvalue weighted by molar-refractivity contribution is 5.98. The Kier molecular flexibility index (Phi) is 7.62. The van der Waals surface area contributed by atoms with E-state index >= 15 is 0 Å². The Labute approximate surface area is 160 Å². The first-order chi connectivity index (χ1) is 13.4. The van der Waals surface area contributed by atoms with Crippen LogP contribution in [0.15, 0.2) is 42.5 Å². The van der Waals surface area contributed by atoms with Crippen molar-refractivity contribution in [1.29, 1.82) is 0 Å². The zero-order chi connectivity index (χ0) is 20.5. The molecule has 0 spiro atoms. The Morgan fingerprint density at radius 2 is 1.71 bits per heavy atom. The van der Waals surface area contributed by atoms with Gasteiger partial charge in [0.15, 0.2) is 12.4 Å². The number of amides is 1. The fourth-order valence-electron chi connectivity index (χ4n) is 2.26. The molecule has 0 saturated carbocycles. The molecule has 0 fully saturated rings. The van der Waals surface area contributed by atoms with Crippen molar-refractivity contribution < 1.29 is 32.6 Å². The Balaban J connectivity index is 1.74. The monoisotopic (exact) mass is 391 g/mol. The van der Waals surface area contributed by atoms with Crippen LogP contribution in [0.25, 0.3) is 0 Å². The highest BCUT2D eigenvalue weighted by Gasteiger charge is 2.13. The molecule has 6 nitrogen and oxygen atoms in total. The standard InChI is InChI=1S/C20H19F2NO5/c1-2-27-15-6-3-13(4-7-15)18(24)9-10-20(26)28-12-19(25)23-17-8-5-14(21)11-16(17)22/h3-8,11H,2,9-10,12H2,1H3,(H,23,25). The van der Waals surface area contributed by atoms with Crippen molar-refractivity contribution in [2.75, 3.05) is 18.5 Å². The molecule has 0 atom stereocenters. The maximum Gasteiger partial charge on any atom is 0.306 e. The highest BCUT2D eigenvalue weighted by Crippen LogP contribution is 2.15. The van der Waals surface area contributed by atoms with Crippen molar-refractivity contribution >= 4 is 23.3 Å². The van der Waals surface area contributed by atoms with Crippen molar-refractivity contribution in [2.24, 2.45) is 0 Å². The number of carbonyl (C=O) groups is 3. The molecule has 28 heavy (non-hydrogen) atoms. The predicted molar refractivity (Wildman–Crippen MR) is 97.1 cm³/mol. The number of Topliss-reactive ketones (excluding diaryl/α,β-unsaturated/α-hetero) is 1. The first-order valence-corrected chi connectivity index (χ1v) is 8.55. The Bertz CT molecular complexity index is 852. The first-order valence-electron chi connectivity index (χ1n) is 8.55. The topological polar surface area (TPSA) is 81.7 Å². The van der Waals surface area contributed by atoms with Gasteiger partial charge in [-0.15, -0.1) is 0 Å². The van der Waals surface area contributed by atoms with E-state index in [1.807, 2.05) is 6.92 Å². The number of halogens is 2. The SMILES string of the molecule is CCOc1ccc(C(=O)CCC(=O)OCC(=O)Nc2ccc(F)cc2F)cc1. The molecule has 2 aromatic carbocycles. The molecule has 1 N–H and O–H groups in total. The van der Waals surface area contributed by atoms with E-state index in [0.29, 0.717) is 24.0 Å². The minimum Gasteiger partial charge on any atom is -0.494 e. The van der Waals surface area contributed by atoms with Gasteiger partial charge in [-0.2, -0.15) is 0 Å². The molecule has 0 aliphatic rings. The van der Waals surface area contributed by atoms with E-state index in [0.717, 1.165) is 12.1 Å². The van der Waals surface area contributed by atoms with Crippen LogP contribution in [0.5, 0.6) is 5.75 Å². The Morgan fingerprint density at radius 3 is 2.36 bits per heavy atom. The van der Waals surface area contributed by atoms with Crippen LogP contribution in [-0.4, -0.2) is 30.9 Å². The van der Waals surface area contributed by atoms with Gasteiger partial charge in [0.1, 0.15) is 17.4 Å². The number of hydrogen-bond donors (Lipinski definition) is 1. The largest absolute Gasteiger partial charge is 0.494 e. The van der Waals surface area contributed by atoms with Crippen molar-refractivity contribution in [1.82, 2.24) is 0 Å². The second-order valence-corrected chi connectivity index (χ2v) is 5.71. The van der Waals surface area contributed by atoms with Crippen LogP contribution in [-0.2, 0) is 14.3 Å². The summed E-state index contributed by atoms with van der Waals surface area (Å²) in [4.78, 5) is 35.4. The van der Waals surface area contributed by atoms with Gasteiger partial charge in [-0.1, -0.05) is 0 Å². The molecule has 0 unspecified atom stereocenters. The zero-order valence-corrected chi connectivity index (χ0v) is 15.2. The fraction of sp³-hybridized carbons (Fsp3) is 0.250. The van der Waals surface area contributed by atoms with Crippen LogP contribution in [0.3, 0.4) is 0 Å². The van der Waals surface area contributed by atoms with E-state index in [-0.39, 0.29) is 24.3 Å². The lowest BCUT2D eigenvalue weighted by molar-refractivity contribution is -0.147. The van der Waals surface area contributed by atoms with Gasteiger partial charge < -0.3 is 14.8 Å². The van der Waals surface area contributed by atoms with Crippen molar-refractivity contribution in [3.8, 4) is 5.75 Å². The smallest absolute Gasteiger partial charge is 0.306 e. The van der Waals surface area contributed by atoms with Gasteiger partial charge in [-0.3, -0.25) is 14.4 Å². The van der Waals surface area contributed by atoms with E-state index in [1.54, 1.807) is 24.3 Å². The molecule has 0 saturated heterocycles. The molecule has 0 aliphatic heterocycles. The van der Waals surface area contributed by atoms with Gasteiger partial charge in [-0.05, 0) is 43.3 Å². The average Bonchev–Trinajstić information content (AvgIpc) is 2.67. The summed E-state index contributed by atoms with van der Waals surface area (Å²) in [5, 5.41) is 2.16. The molecular weight excluding hydrogens is 372 g/mol. The van der Waals surface area contributed by atoms with Gasteiger partial charge in [0.25, 0.3) is 5.91 Å². The molecule has 1 amide bonds. The Hall–Kier alpha value is -3.29. The highest BCUT2D eigenvalue weighted by atomic mass is 19.1. The number of carbonyl (C=O) groups excluding carboxylic acids is 3. The van der Waals surface area contributed by atoms with Gasteiger partial charge in [0.2, 0.25) is 0 Å². The van der Waals surface area contributed by atoms with Crippen LogP contribution in [0.1, 0.15) is 30.1 Å². The van der Waals surface area contributed by atoms with Crippen molar-refractivity contribution in [2.45, 2.75) is 19.8 Å². The summed E-state index contributed by atoms with van der Waals surface area (Å²) in [5.74, 6) is -2.86. The normalized spacial score (nSPS) is 10.2. The summed E-state index contributed by atoms with van der Waals surface area (Å²) in [6.45, 7) is 1.72. The number of nitrogens with one attached hydrogen (secondary N) is 1. The lowest BCUT2D eigenvalue weighted by Gasteiger charge is -2.08. The Morgan fingerprint density at radius 1 is 1.00 bits per heavy atom. The van der Waals surface area contributed by atoms with Gasteiger partial charge in [0, 0.05) is 18.1 Å². The van der Waals surface area contributed by atoms with E-state index < -0.39 is 30.1 Å². The molecule has 8 heteroatoms. The first kappa shape index (κ1) is 21.0. The van der Waals surface area contributed by atoms with Gasteiger partial charge >= 0.3 is 5.97 Å². The molecule has 148 valence electrons. The van der Waals surface area contributed by atoms with Gasteiger partial charge in [0.05, 0.1) is 18.7 Å². The summed E-state index contributed by atoms with van der Waals surface area (Å²) in [6.07, 6.45) is -0.286. The summed E-state index contributed by atoms with van der Waals surface area (Å²) in [6, 6.07) is 9.18. The number of ether oxygens (including phenoxy) is 2. The second-order valence-electron chi connectivity index (χ2n) is 5.71. The summed E-state index contributed by atoms with van der Waals surface area (Å²) in [7, 11) is 0. The van der Waals surface area contributed by atoms with E-state index in [2.05, 4.69) is 5.32 Å². The fourth-order valence-corrected chi connectivity index (χ4v) is 2.26. The van der Waals surface area contributed by atoms with Crippen LogP contribution in [0.4, 0.5) is 14.5 Å². The maximum absolute atomic E-state index is 13.4. The minimum absolute atomic E-state index is 0.0823. The molecule has 0 heterocycles. The number of anilines is 1. The van der Waals surface area contributed by atoms with E-state index in [9.17, 15) is 23.2 Å². The van der Waals surface area contributed by atoms with Gasteiger partial charge in [-0.25, -0.2) is 8.78 Å². The lowest BCUT2D eigenvalue weighted by Crippen LogP contribution is -2.21. The average molecular weight is 391 g/mol. The minimum atomic E-state index is -0.944. The molecule has 0 bridgehead atoms. The number of ketones is 1. The summed E-state index contributed by atoms with van der Waals surface area (Å²) < 4.78 is 36.3. The van der Waals surface area contributed by atoms with Crippen LogP contribution < -0.4 is 10.1 Å². The van der Waals surface area contributed by atoms with Crippen molar-refractivity contribution in [3.05, 3.63) is 59.7 Å². The molecule has 0 radical (unpaired) electrons. The number of hydrogen-bond acceptors (Lipinski definition) is 5. The number of benzene rings is 2. The lowest BCUT2D eigenvalue weighted by atomic mass is 10.1. The predicted octanol–water partition coefficient (Wildman–Crippen LogP) is 3.51. The molecule has 0 aromatic heterocycles.